The number of hydrogen-bond donors (Lipinski definition) is 0. The molecule has 0 amide bonds. The van der Waals surface area contributed by atoms with E-state index < -0.39 is 0 Å². The van der Waals surface area contributed by atoms with Gasteiger partial charge in [-0.25, -0.2) is 14.3 Å². The average molecular weight is 305 g/mol. The fraction of sp³-hybridized carbons (Fsp3) is 0.615. The number of aromatic nitrogens is 5. The third kappa shape index (κ3) is 2.42. The van der Waals surface area contributed by atoms with Gasteiger partial charge in [0.25, 0.3) is 0 Å². The lowest BCUT2D eigenvalue weighted by atomic mass is 10.1. The van der Waals surface area contributed by atoms with E-state index in [1.54, 1.807) is 18.1 Å². The number of nitro groups is 1. The molecule has 0 aromatic carbocycles. The van der Waals surface area contributed by atoms with Crippen LogP contribution in [0.4, 0.5) is 11.5 Å². The molecule has 0 spiro atoms. The van der Waals surface area contributed by atoms with E-state index in [4.69, 9.17) is 0 Å². The molecule has 0 atom stereocenters. The molecule has 22 heavy (non-hydrogen) atoms. The van der Waals surface area contributed by atoms with Crippen molar-refractivity contribution in [1.29, 1.82) is 0 Å². The van der Waals surface area contributed by atoms with Gasteiger partial charge in [-0.2, -0.15) is 10.2 Å². The molecule has 1 fully saturated rings. The maximum atomic E-state index is 11.4. The zero-order valence-corrected chi connectivity index (χ0v) is 12.7. The van der Waals surface area contributed by atoms with Crippen molar-refractivity contribution in [3.05, 3.63) is 28.5 Å². The minimum atomic E-state index is -0.315. The fourth-order valence-electron chi connectivity index (χ4n) is 3.09. The molecule has 9 heteroatoms. The van der Waals surface area contributed by atoms with E-state index in [0.717, 1.165) is 25.9 Å². The Labute approximate surface area is 127 Å². The van der Waals surface area contributed by atoms with Gasteiger partial charge in [0.1, 0.15) is 18.3 Å². The highest BCUT2D eigenvalue weighted by atomic mass is 16.6. The molecule has 0 unspecified atom stereocenters. The maximum absolute atomic E-state index is 11.4. The zero-order chi connectivity index (χ0) is 15.7. The molecule has 2 aromatic rings. The molecular weight excluding hydrogens is 286 g/mol. The van der Waals surface area contributed by atoms with Gasteiger partial charge in [-0.1, -0.05) is 6.92 Å². The molecule has 3 heterocycles. The van der Waals surface area contributed by atoms with Gasteiger partial charge in [0, 0.05) is 20.1 Å². The van der Waals surface area contributed by atoms with Crippen molar-refractivity contribution >= 4 is 11.5 Å². The van der Waals surface area contributed by atoms with Crippen LogP contribution in [0.15, 0.2) is 12.7 Å². The molecule has 1 saturated heterocycles. The van der Waals surface area contributed by atoms with Crippen LogP contribution in [-0.2, 0) is 13.5 Å². The van der Waals surface area contributed by atoms with Crippen LogP contribution in [0.3, 0.4) is 0 Å². The third-order valence-corrected chi connectivity index (χ3v) is 4.15. The quantitative estimate of drug-likeness (QED) is 0.624. The molecule has 2 aromatic heterocycles. The molecule has 3 rings (SSSR count). The van der Waals surface area contributed by atoms with Crippen molar-refractivity contribution in [2.45, 2.75) is 32.2 Å². The monoisotopic (exact) mass is 305 g/mol. The van der Waals surface area contributed by atoms with Gasteiger partial charge in [-0.05, 0) is 19.3 Å². The molecule has 1 aliphatic heterocycles. The molecule has 0 saturated carbocycles. The van der Waals surface area contributed by atoms with Crippen LogP contribution in [0.5, 0.6) is 0 Å². The van der Waals surface area contributed by atoms with Crippen molar-refractivity contribution in [3.63, 3.8) is 0 Å². The van der Waals surface area contributed by atoms with E-state index in [1.807, 2.05) is 11.6 Å². The first-order valence-corrected chi connectivity index (χ1v) is 7.41. The third-order valence-electron chi connectivity index (χ3n) is 4.15. The molecule has 118 valence electrons. The van der Waals surface area contributed by atoms with Crippen LogP contribution < -0.4 is 4.90 Å². The number of aryl methyl sites for hydroxylation is 2. The first-order valence-electron chi connectivity index (χ1n) is 7.41. The topological polar surface area (TPSA) is 94.9 Å². The van der Waals surface area contributed by atoms with Crippen molar-refractivity contribution < 1.29 is 4.92 Å². The molecule has 0 aliphatic carbocycles. The molecule has 0 bridgehead atoms. The summed E-state index contributed by atoms with van der Waals surface area (Å²) in [5.74, 6) is 0.610. The van der Waals surface area contributed by atoms with E-state index in [1.165, 1.54) is 6.33 Å². The Hall–Kier alpha value is -2.45. The smallest absolute Gasteiger partial charge is 0.334 e. The Kier molecular flexibility index (Phi) is 3.78. The highest BCUT2D eigenvalue weighted by molar-refractivity contribution is 5.61. The number of nitrogens with zero attached hydrogens (tertiary/aromatic N) is 7. The first-order chi connectivity index (χ1) is 10.6. The van der Waals surface area contributed by atoms with Crippen LogP contribution in [0.25, 0.3) is 0 Å². The molecule has 0 N–H and O–H groups in total. The number of rotatable bonds is 4. The summed E-state index contributed by atoms with van der Waals surface area (Å²) in [5, 5.41) is 19.9. The number of piperidine rings is 1. The number of anilines is 1. The van der Waals surface area contributed by atoms with Gasteiger partial charge in [0.15, 0.2) is 0 Å². The Morgan fingerprint density at radius 1 is 1.41 bits per heavy atom. The molecule has 1 aliphatic rings. The standard InChI is InChI=1S/C13H19N7O2/c1-3-11-12(20(21)22)13(17(2)16-11)18-6-4-10(5-7-18)19-9-14-8-15-19/h8-10H,3-7H2,1-2H3. The van der Waals surface area contributed by atoms with E-state index >= 15 is 0 Å². The molecular formula is C13H19N7O2. The Balaban J connectivity index is 1.82. The second-order valence-electron chi connectivity index (χ2n) is 5.45. The molecule has 9 nitrogen and oxygen atoms in total. The summed E-state index contributed by atoms with van der Waals surface area (Å²) < 4.78 is 3.50. The average Bonchev–Trinajstić information content (AvgIpc) is 3.14. The summed E-state index contributed by atoms with van der Waals surface area (Å²) in [6.45, 7) is 3.37. The van der Waals surface area contributed by atoms with Gasteiger partial charge in [0.05, 0.1) is 11.0 Å². The SMILES string of the molecule is CCc1nn(C)c(N2CCC(n3cncn3)CC2)c1[N+](=O)[O-]. The summed E-state index contributed by atoms with van der Waals surface area (Å²) in [5.41, 5.74) is 0.685. The lowest BCUT2D eigenvalue weighted by Crippen LogP contribution is -2.36. The van der Waals surface area contributed by atoms with E-state index in [-0.39, 0.29) is 10.6 Å². The van der Waals surface area contributed by atoms with E-state index in [9.17, 15) is 10.1 Å². The fourth-order valence-corrected chi connectivity index (χ4v) is 3.09. The second-order valence-corrected chi connectivity index (χ2v) is 5.45. The van der Waals surface area contributed by atoms with Crippen molar-refractivity contribution in [2.24, 2.45) is 7.05 Å². The number of hydrogen-bond acceptors (Lipinski definition) is 6. The summed E-state index contributed by atoms with van der Waals surface area (Å²) in [4.78, 5) is 17.1. The Morgan fingerprint density at radius 3 is 2.68 bits per heavy atom. The Morgan fingerprint density at radius 2 is 2.14 bits per heavy atom. The predicted octanol–water partition coefficient (Wildman–Crippen LogP) is 1.32. The van der Waals surface area contributed by atoms with Crippen molar-refractivity contribution in [3.8, 4) is 0 Å². The van der Waals surface area contributed by atoms with E-state index in [0.29, 0.717) is 24.0 Å². The van der Waals surface area contributed by atoms with Gasteiger partial charge in [0.2, 0.25) is 5.82 Å². The minimum absolute atomic E-state index is 0.143. The van der Waals surface area contributed by atoms with Crippen LogP contribution in [0.1, 0.15) is 31.5 Å². The molecule has 0 radical (unpaired) electrons. The van der Waals surface area contributed by atoms with E-state index in [2.05, 4.69) is 20.1 Å². The van der Waals surface area contributed by atoms with Gasteiger partial charge < -0.3 is 4.90 Å². The lowest BCUT2D eigenvalue weighted by molar-refractivity contribution is -0.384. The minimum Gasteiger partial charge on any atom is -0.351 e. The van der Waals surface area contributed by atoms with Crippen LogP contribution in [-0.4, -0.2) is 42.6 Å². The van der Waals surface area contributed by atoms with Crippen LogP contribution in [0.2, 0.25) is 0 Å². The van der Waals surface area contributed by atoms with Crippen LogP contribution >= 0.6 is 0 Å². The lowest BCUT2D eigenvalue weighted by Gasteiger charge is -2.32. The van der Waals surface area contributed by atoms with Crippen molar-refractivity contribution in [1.82, 2.24) is 24.5 Å². The second kappa shape index (κ2) is 5.74. The van der Waals surface area contributed by atoms with Gasteiger partial charge in [-0.3, -0.25) is 10.1 Å². The summed E-state index contributed by atoms with van der Waals surface area (Å²) >= 11 is 0. The highest BCUT2D eigenvalue weighted by Crippen LogP contribution is 2.34. The summed E-state index contributed by atoms with van der Waals surface area (Å²) in [6.07, 6.45) is 5.58. The summed E-state index contributed by atoms with van der Waals surface area (Å²) in [6, 6.07) is 0.302. The first kappa shape index (κ1) is 14.5. The van der Waals surface area contributed by atoms with Gasteiger partial charge >= 0.3 is 5.69 Å². The highest BCUT2D eigenvalue weighted by Gasteiger charge is 2.32. The Bertz CT molecular complexity index is 656. The maximum Gasteiger partial charge on any atom is 0.334 e. The predicted molar refractivity (Wildman–Crippen MR) is 79.7 cm³/mol. The van der Waals surface area contributed by atoms with Crippen molar-refractivity contribution in [2.75, 3.05) is 18.0 Å². The summed E-state index contributed by atoms with van der Waals surface area (Å²) in [7, 11) is 1.77. The van der Waals surface area contributed by atoms with Gasteiger partial charge in [-0.15, -0.1) is 0 Å². The normalized spacial score (nSPS) is 16.2. The van der Waals surface area contributed by atoms with Crippen LogP contribution in [0, 0.1) is 10.1 Å². The largest absolute Gasteiger partial charge is 0.351 e. The zero-order valence-electron chi connectivity index (χ0n) is 12.7.